The highest BCUT2D eigenvalue weighted by atomic mass is 32.2. The topological polar surface area (TPSA) is 101 Å². The Morgan fingerprint density at radius 1 is 1.35 bits per heavy atom. The molecule has 9 heteroatoms. The molecule has 1 aromatic rings. The molecular formula is C14H22N4O4S. The molecular weight excluding hydrogens is 320 g/mol. The first kappa shape index (κ1) is 17.8. The minimum atomic E-state index is -3.35. The molecule has 1 aliphatic rings. The van der Waals surface area contributed by atoms with Crippen LogP contribution in [0.4, 0.5) is 0 Å². The molecule has 23 heavy (non-hydrogen) atoms. The van der Waals surface area contributed by atoms with Crippen molar-refractivity contribution in [3.8, 4) is 0 Å². The molecule has 1 aliphatic heterocycles. The van der Waals surface area contributed by atoms with Gasteiger partial charge in [0.15, 0.2) is 0 Å². The van der Waals surface area contributed by atoms with Crippen LogP contribution in [0.5, 0.6) is 0 Å². The number of carbonyl (C=O) groups excluding carboxylic acids is 1. The first-order valence-electron chi connectivity index (χ1n) is 7.43. The summed E-state index contributed by atoms with van der Waals surface area (Å²) >= 11 is 0. The van der Waals surface area contributed by atoms with Gasteiger partial charge in [-0.2, -0.15) is 0 Å². The quantitative estimate of drug-likeness (QED) is 0.760. The minimum Gasteiger partial charge on any atom is -0.379 e. The Kier molecular flexibility index (Phi) is 5.66. The van der Waals surface area contributed by atoms with E-state index >= 15 is 0 Å². The third-order valence-corrected chi connectivity index (χ3v) is 5.74. The van der Waals surface area contributed by atoms with Crippen LogP contribution in [-0.4, -0.2) is 67.7 Å². The van der Waals surface area contributed by atoms with E-state index < -0.39 is 10.0 Å². The fourth-order valence-corrected chi connectivity index (χ4v) is 3.42. The number of carbonyl (C=O) groups is 1. The smallest absolute Gasteiger partial charge is 0.254 e. The minimum absolute atomic E-state index is 0.0593. The van der Waals surface area contributed by atoms with Crippen molar-refractivity contribution in [3.05, 3.63) is 23.8 Å². The molecule has 0 aliphatic carbocycles. The molecule has 2 heterocycles. The highest BCUT2D eigenvalue weighted by Gasteiger charge is 2.34. The first-order chi connectivity index (χ1) is 10.8. The lowest BCUT2D eigenvalue weighted by atomic mass is 10.1. The largest absolute Gasteiger partial charge is 0.379 e. The summed E-state index contributed by atoms with van der Waals surface area (Å²) < 4.78 is 30.5. The highest BCUT2D eigenvalue weighted by molar-refractivity contribution is 7.89. The third-order valence-electron chi connectivity index (χ3n) is 3.78. The van der Waals surface area contributed by atoms with Crippen molar-refractivity contribution >= 4 is 15.9 Å². The summed E-state index contributed by atoms with van der Waals surface area (Å²) in [6.45, 7) is 2.54. The summed E-state index contributed by atoms with van der Waals surface area (Å²) in [7, 11) is -0.364. The highest BCUT2D eigenvalue weighted by Crippen LogP contribution is 2.17. The number of nitrogens with zero attached hydrogens (tertiary/aromatic N) is 3. The molecule has 0 bridgehead atoms. The maximum atomic E-state index is 12.2. The van der Waals surface area contributed by atoms with E-state index in [4.69, 9.17) is 4.74 Å². The summed E-state index contributed by atoms with van der Waals surface area (Å²) in [5.41, 5.74) is 0.350. The van der Waals surface area contributed by atoms with Crippen molar-refractivity contribution in [3.63, 3.8) is 0 Å². The van der Waals surface area contributed by atoms with Crippen LogP contribution in [0.1, 0.15) is 23.1 Å². The second-order valence-electron chi connectivity index (χ2n) is 5.68. The molecule has 8 nitrogen and oxygen atoms in total. The number of hydrogen-bond donors (Lipinski definition) is 1. The second kappa shape index (κ2) is 7.33. The van der Waals surface area contributed by atoms with E-state index in [9.17, 15) is 13.2 Å². The van der Waals surface area contributed by atoms with E-state index in [1.165, 1.54) is 30.8 Å². The summed E-state index contributed by atoms with van der Waals surface area (Å²) in [5.74, 6) is 0.00855. The Bertz CT molecular complexity index is 645. The fourth-order valence-electron chi connectivity index (χ4n) is 2.25. The molecule has 1 N–H and O–H groups in total. The molecule has 0 radical (unpaired) electrons. The van der Waals surface area contributed by atoms with E-state index in [1.54, 1.807) is 0 Å². The number of aromatic nitrogens is 2. The molecule has 2 atom stereocenters. The Labute approximate surface area is 136 Å². The number of sulfonamides is 1. The van der Waals surface area contributed by atoms with Gasteiger partial charge in [-0.25, -0.2) is 22.7 Å². The SMILES string of the molecule is CCc1ncc(C(=O)N[C@H]2COC[C@H]2CS(=O)(=O)N(C)C)cn1. The molecule has 0 unspecified atom stereocenters. The zero-order valence-corrected chi connectivity index (χ0v) is 14.3. The van der Waals surface area contributed by atoms with Gasteiger partial charge in [-0.1, -0.05) is 6.92 Å². The maximum Gasteiger partial charge on any atom is 0.254 e. The number of amides is 1. The lowest BCUT2D eigenvalue weighted by Crippen LogP contribution is -2.43. The molecule has 1 fully saturated rings. The Morgan fingerprint density at radius 3 is 2.57 bits per heavy atom. The van der Waals surface area contributed by atoms with Crippen molar-refractivity contribution in [1.82, 2.24) is 19.6 Å². The number of nitrogens with one attached hydrogen (secondary N) is 1. The van der Waals surface area contributed by atoms with E-state index in [0.717, 1.165) is 0 Å². The zero-order valence-electron chi connectivity index (χ0n) is 13.5. The van der Waals surface area contributed by atoms with Gasteiger partial charge in [0.1, 0.15) is 5.82 Å². The standard InChI is InChI=1S/C14H22N4O4S/c1-4-13-15-5-10(6-16-13)14(19)17-12-8-22-7-11(12)9-23(20,21)18(2)3/h5-6,11-12H,4,7-9H2,1-3H3,(H,17,19)/t11-,12-/m0/s1. The van der Waals surface area contributed by atoms with E-state index in [0.29, 0.717) is 31.0 Å². The van der Waals surface area contributed by atoms with Crippen molar-refractivity contribution < 1.29 is 17.9 Å². The number of rotatable bonds is 6. The molecule has 1 saturated heterocycles. The van der Waals surface area contributed by atoms with Crippen LogP contribution in [0.15, 0.2) is 12.4 Å². The van der Waals surface area contributed by atoms with Crippen LogP contribution in [0.25, 0.3) is 0 Å². The zero-order chi connectivity index (χ0) is 17.0. The molecule has 128 valence electrons. The summed E-state index contributed by atoms with van der Waals surface area (Å²) in [6.07, 6.45) is 3.65. The van der Waals surface area contributed by atoms with Gasteiger partial charge >= 0.3 is 0 Å². The summed E-state index contributed by atoms with van der Waals surface area (Å²) in [4.78, 5) is 20.4. The van der Waals surface area contributed by atoms with E-state index in [2.05, 4.69) is 15.3 Å². The predicted molar refractivity (Wildman–Crippen MR) is 84.4 cm³/mol. The van der Waals surface area contributed by atoms with Gasteiger partial charge in [-0.3, -0.25) is 4.79 Å². The predicted octanol–water partition coefficient (Wildman–Crippen LogP) is -0.325. The average Bonchev–Trinajstić information content (AvgIpc) is 2.93. The van der Waals surface area contributed by atoms with Crippen LogP contribution < -0.4 is 5.32 Å². The van der Waals surface area contributed by atoms with Crippen LogP contribution in [-0.2, 0) is 21.2 Å². The van der Waals surface area contributed by atoms with Crippen molar-refractivity contribution in [2.75, 3.05) is 33.1 Å². The van der Waals surface area contributed by atoms with E-state index in [1.807, 2.05) is 6.92 Å². The Balaban J connectivity index is 2.01. The number of hydrogen-bond acceptors (Lipinski definition) is 6. The monoisotopic (exact) mass is 342 g/mol. The van der Waals surface area contributed by atoms with Crippen LogP contribution in [0, 0.1) is 5.92 Å². The van der Waals surface area contributed by atoms with Crippen molar-refractivity contribution in [2.45, 2.75) is 19.4 Å². The van der Waals surface area contributed by atoms with Crippen LogP contribution >= 0.6 is 0 Å². The van der Waals surface area contributed by atoms with Crippen LogP contribution in [0.2, 0.25) is 0 Å². The maximum absolute atomic E-state index is 12.2. The lowest BCUT2D eigenvalue weighted by molar-refractivity contribution is 0.0925. The first-order valence-corrected chi connectivity index (χ1v) is 9.04. The molecule has 0 saturated carbocycles. The van der Waals surface area contributed by atoms with Gasteiger partial charge in [0.25, 0.3) is 5.91 Å². The summed E-state index contributed by atoms with van der Waals surface area (Å²) in [6, 6.07) is -0.344. The van der Waals surface area contributed by atoms with Gasteiger partial charge in [-0.05, 0) is 0 Å². The molecule has 1 amide bonds. The van der Waals surface area contributed by atoms with Crippen molar-refractivity contribution in [2.24, 2.45) is 5.92 Å². The number of aryl methyl sites for hydroxylation is 1. The third kappa shape index (κ3) is 4.46. The van der Waals surface area contributed by atoms with Gasteiger partial charge in [0.05, 0.1) is 30.6 Å². The molecule has 2 rings (SSSR count). The second-order valence-corrected chi connectivity index (χ2v) is 7.91. The average molecular weight is 342 g/mol. The van der Waals surface area contributed by atoms with E-state index in [-0.39, 0.29) is 23.6 Å². The Hall–Kier alpha value is -1.58. The lowest BCUT2D eigenvalue weighted by Gasteiger charge is -2.20. The van der Waals surface area contributed by atoms with Gasteiger partial charge in [0.2, 0.25) is 10.0 Å². The molecule has 1 aromatic heterocycles. The number of ether oxygens (including phenoxy) is 1. The Morgan fingerprint density at radius 2 is 2.00 bits per heavy atom. The summed E-state index contributed by atoms with van der Waals surface area (Å²) in [5, 5.41) is 2.82. The van der Waals surface area contributed by atoms with Crippen LogP contribution in [0.3, 0.4) is 0 Å². The van der Waals surface area contributed by atoms with Gasteiger partial charge < -0.3 is 10.1 Å². The van der Waals surface area contributed by atoms with Gasteiger partial charge in [-0.15, -0.1) is 0 Å². The normalized spacial score (nSPS) is 21.6. The molecule has 0 aromatic carbocycles. The molecule has 0 spiro atoms. The van der Waals surface area contributed by atoms with Gasteiger partial charge in [0, 0.05) is 38.8 Å². The fraction of sp³-hybridized carbons (Fsp3) is 0.643. The van der Waals surface area contributed by atoms with Crippen molar-refractivity contribution in [1.29, 1.82) is 0 Å².